The van der Waals surface area contributed by atoms with Gasteiger partial charge in [0, 0.05) is 12.6 Å². The molecule has 0 spiro atoms. The van der Waals surface area contributed by atoms with Gasteiger partial charge in [0.2, 0.25) is 5.91 Å². The van der Waals surface area contributed by atoms with Gasteiger partial charge in [0.15, 0.2) is 0 Å². The van der Waals surface area contributed by atoms with Crippen LogP contribution in [0.1, 0.15) is 25.3 Å². The Hall–Kier alpha value is -1.42. The van der Waals surface area contributed by atoms with E-state index in [1.54, 1.807) is 12.1 Å². The molecule has 1 aromatic carbocycles. The second-order valence-electron chi connectivity index (χ2n) is 5.28. The fraction of sp³-hybridized carbons (Fsp3) is 0.533. The maximum Gasteiger partial charge on any atom is 0.224 e. The van der Waals surface area contributed by atoms with E-state index < -0.39 is 0 Å². The molecular formula is C15H21FN2O. The van der Waals surface area contributed by atoms with Crippen LogP contribution in [-0.4, -0.2) is 25.0 Å². The first-order chi connectivity index (χ1) is 9.15. The highest BCUT2D eigenvalue weighted by Gasteiger charge is 2.21. The van der Waals surface area contributed by atoms with Crippen molar-refractivity contribution in [2.75, 3.05) is 13.1 Å². The molecule has 1 saturated heterocycles. The summed E-state index contributed by atoms with van der Waals surface area (Å²) >= 11 is 0. The predicted octanol–water partition coefficient (Wildman–Crippen LogP) is 1.87. The molecule has 2 N–H and O–H groups in total. The Morgan fingerprint density at radius 3 is 2.84 bits per heavy atom. The SMILES string of the molecule is CC(Cc1ccc(F)cc1)NC(=O)[C@@H]1CCCNC1. The smallest absolute Gasteiger partial charge is 0.224 e. The molecule has 0 aromatic heterocycles. The molecule has 104 valence electrons. The maximum atomic E-state index is 12.8. The number of amides is 1. The normalized spacial score (nSPS) is 20.8. The minimum absolute atomic E-state index is 0.0693. The third-order valence-electron chi connectivity index (χ3n) is 3.51. The average Bonchev–Trinajstić information content (AvgIpc) is 2.42. The zero-order valence-corrected chi connectivity index (χ0v) is 11.3. The van der Waals surface area contributed by atoms with Gasteiger partial charge in [0.25, 0.3) is 0 Å². The highest BCUT2D eigenvalue weighted by Crippen LogP contribution is 2.11. The van der Waals surface area contributed by atoms with Crippen molar-refractivity contribution in [3.63, 3.8) is 0 Å². The highest BCUT2D eigenvalue weighted by atomic mass is 19.1. The molecule has 1 heterocycles. The average molecular weight is 264 g/mol. The Morgan fingerprint density at radius 1 is 1.47 bits per heavy atom. The fourth-order valence-electron chi connectivity index (χ4n) is 2.46. The summed E-state index contributed by atoms with van der Waals surface area (Å²) in [7, 11) is 0. The lowest BCUT2D eigenvalue weighted by molar-refractivity contribution is -0.126. The molecule has 4 heteroatoms. The highest BCUT2D eigenvalue weighted by molar-refractivity contribution is 5.79. The van der Waals surface area contributed by atoms with Crippen LogP contribution in [0.25, 0.3) is 0 Å². The van der Waals surface area contributed by atoms with Crippen molar-refractivity contribution in [1.29, 1.82) is 0 Å². The van der Waals surface area contributed by atoms with E-state index in [2.05, 4.69) is 10.6 Å². The number of halogens is 1. The van der Waals surface area contributed by atoms with Crippen LogP contribution >= 0.6 is 0 Å². The van der Waals surface area contributed by atoms with Crippen molar-refractivity contribution >= 4 is 5.91 Å². The summed E-state index contributed by atoms with van der Waals surface area (Å²) < 4.78 is 12.8. The van der Waals surface area contributed by atoms with E-state index in [0.717, 1.165) is 37.9 Å². The van der Waals surface area contributed by atoms with Crippen molar-refractivity contribution in [3.05, 3.63) is 35.6 Å². The topological polar surface area (TPSA) is 41.1 Å². The molecule has 3 nitrogen and oxygen atoms in total. The zero-order chi connectivity index (χ0) is 13.7. The molecular weight excluding hydrogens is 243 g/mol. The predicted molar refractivity (Wildman–Crippen MR) is 73.3 cm³/mol. The maximum absolute atomic E-state index is 12.8. The largest absolute Gasteiger partial charge is 0.353 e. The third-order valence-corrected chi connectivity index (χ3v) is 3.51. The Kier molecular flexibility index (Phi) is 4.91. The number of nitrogens with one attached hydrogen (secondary N) is 2. The van der Waals surface area contributed by atoms with Crippen molar-refractivity contribution in [2.45, 2.75) is 32.2 Å². The molecule has 1 amide bonds. The lowest BCUT2D eigenvalue weighted by atomic mass is 9.98. The number of piperidine rings is 1. The molecule has 1 unspecified atom stereocenters. The van der Waals surface area contributed by atoms with Crippen LogP contribution in [0.4, 0.5) is 4.39 Å². The van der Waals surface area contributed by atoms with Crippen molar-refractivity contribution < 1.29 is 9.18 Å². The number of hydrogen-bond acceptors (Lipinski definition) is 2. The van der Waals surface area contributed by atoms with Gasteiger partial charge in [-0.15, -0.1) is 0 Å². The molecule has 0 bridgehead atoms. The van der Waals surface area contributed by atoms with E-state index in [0.29, 0.717) is 0 Å². The quantitative estimate of drug-likeness (QED) is 0.871. The summed E-state index contributed by atoms with van der Waals surface area (Å²) in [6.45, 7) is 3.77. The Balaban J connectivity index is 1.81. The van der Waals surface area contributed by atoms with Crippen LogP contribution in [0.5, 0.6) is 0 Å². The first-order valence-corrected chi connectivity index (χ1v) is 6.90. The summed E-state index contributed by atoms with van der Waals surface area (Å²) in [5.74, 6) is -0.0139. The molecule has 19 heavy (non-hydrogen) atoms. The van der Waals surface area contributed by atoms with Gasteiger partial charge in [-0.2, -0.15) is 0 Å². The van der Waals surface area contributed by atoms with Crippen molar-refractivity contribution in [2.24, 2.45) is 5.92 Å². The molecule has 2 rings (SSSR count). The first-order valence-electron chi connectivity index (χ1n) is 6.90. The van der Waals surface area contributed by atoms with Gasteiger partial charge in [0.05, 0.1) is 5.92 Å². The number of hydrogen-bond donors (Lipinski definition) is 2. The number of benzene rings is 1. The first kappa shape index (κ1) is 14.0. The summed E-state index contributed by atoms with van der Waals surface area (Å²) in [4.78, 5) is 12.0. The van der Waals surface area contributed by atoms with Gasteiger partial charge in [0.1, 0.15) is 5.82 Å². The van der Waals surface area contributed by atoms with E-state index in [4.69, 9.17) is 0 Å². The van der Waals surface area contributed by atoms with E-state index >= 15 is 0 Å². The molecule has 0 saturated carbocycles. The summed E-state index contributed by atoms with van der Waals surface area (Å²) in [5, 5.41) is 6.28. The van der Waals surface area contributed by atoms with Crippen molar-refractivity contribution in [1.82, 2.24) is 10.6 Å². The molecule has 1 aliphatic rings. The Morgan fingerprint density at radius 2 is 2.21 bits per heavy atom. The number of carbonyl (C=O) groups is 1. The Labute approximate surface area is 113 Å². The second-order valence-corrected chi connectivity index (χ2v) is 5.28. The van der Waals surface area contributed by atoms with E-state index in [9.17, 15) is 9.18 Å². The van der Waals surface area contributed by atoms with Gasteiger partial charge in [-0.25, -0.2) is 4.39 Å². The lowest BCUT2D eigenvalue weighted by Crippen LogP contribution is -2.44. The summed E-state index contributed by atoms with van der Waals surface area (Å²) in [6, 6.07) is 6.50. The van der Waals surface area contributed by atoms with Gasteiger partial charge < -0.3 is 10.6 Å². The molecule has 0 radical (unpaired) electrons. The molecule has 1 aromatic rings. The number of rotatable bonds is 4. The fourth-order valence-corrected chi connectivity index (χ4v) is 2.46. The minimum atomic E-state index is -0.228. The van der Waals surface area contributed by atoms with Crippen LogP contribution in [0.2, 0.25) is 0 Å². The van der Waals surface area contributed by atoms with Gasteiger partial charge in [-0.05, 0) is 50.4 Å². The molecule has 1 aliphatic heterocycles. The molecule has 2 atom stereocenters. The Bertz CT molecular complexity index is 413. The monoisotopic (exact) mass is 264 g/mol. The van der Waals surface area contributed by atoms with Crippen LogP contribution in [0.15, 0.2) is 24.3 Å². The van der Waals surface area contributed by atoms with Gasteiger partial charge in [-0.3, -0.25) is 4.79 Å². The van der Waals surface area contributed by atoms with E-state index in [1.807, 2.05) is 6.92 Å². The van der Waals surface area contributed by atoms with Crippen LogP contribution in [-0.2, 0) is 11.2 Å². The third kappa shape index (κ3) is 4.31. The molecule has 1 fully saturated rings. The standard InChI is InChI=1S/C15H21FN2O/c1-11(9-12-4-6-14(16)7-5-12)18-15(19)13-3-2-8-17-10-13/h4-7,11,13,17H,2-3,8-10H2,1H3,(H,18,19)/t11?,13-/m1/s1. The summed E-state index contributed by atoms with van der Waals surface area (Å²) in [5.41, 5.74) is 1.04. The van der Waals surface area contributed by atoms with Crippen LogP contribution in [0, 0.1) is 11.7 Å². The van der Waals surface area contributed by atoms with Gasteiger partial charge >= 0.3 is 0 Å². The van der Waals surface area contributed by atoms with Crippen LogP contribution in [0.3, 0.4) is 0 Å². The van der Waals surface area contributed by atoms with E-state index in [1.165, 1.54) is 12.1 Å². The molecule has 0 aliphatic carbocycles. The second kappa shape index (κ2) is 6.66. The van der Waals surface area contributed by atoms with Crippen LogP contribution < -0.4 is 10.6 Å². The lowest BCUT2D eigenvalue weighted by Gasteiger charge is -2.24. The van der Waals surface area contributed by atoms with Crippen molar-refractivity contribution in [3.8, 4) is 0 Å². The zero-order valence-electron chi connectivity index (χ0n) is 11.3. The van der Waals surface area contributed by atoms with E-state index in [-0.39, 0.29) is 23.7 Å². The number of carbonyl (C=O) groups excluding carboxylic acids is 1. The summed E-state index contributed by atoms with van der Waals surface area (Å²) in [6.07, 6.45) is 2.75. The van der Waals surface area contributed by atoms with Gasteiger partial charge in [-0.1, -0.05) is 12.1 Å². The minimum Gasteiger partial charge on any atom is -0.353 e.